The first-order chi connectivity index (χ1) is 36.5. The van der Waals surface area contributed by atoms with E-state index in [4.69, 9.17) is 18.5 Å². The Kier molecular flexibility index (Phi) is 56.9. The Morgan fingerprint density at radius 2 is 0.600 bits per heavy atom. The number of nitrogens with zero attached hydrogens (tertiary/aromatic N) is 1. The van der Waals surface area contributed by atoms with Gasteiger partial charge in [0.25, 0.3) is 7.82 Å². The van der Waals surface area contributed by atoms with Crippen molar-refractivity contribution < 1.29 is 42.1 Å². The summed E-state index contributed by atoms with van der Waals surface area (Å²) in [6.45, 7) is 4.29. The summed E-state index contributed by atoms with van der Waals surface area (Å²) in [5.41, 5.74) is 0. The van der Waals surface area contributed by atoms with E-state index in [0.29, 0.717) is 17.4 Å². The second-order valence-corrected chi connectivity index (χ2v) is 25.6. The van der Waals surface area contributed by atoms with E-state index >= 15 is 0 Å². The highest BCUT2D eigenvalue weighted by atomic mass is 31.2. The third-order valence-corrected chi connectivity index (χ3v) is 16.3. The van der Waals surface area contributed by atoms with Crippen LogP contribution in [0.1, 0.15) is 354 Å². The quantitative estimate of drug-likeness (QED) is 0.0256. The summed E-state index contributed by atoms with van der Waals surface area (Å²) in [6.07, 6.45) is 67.9. The Morgan fingerprint density at radius 1 is 0.360 bits per heavy atom. The average Bonchev–Trinajstić information content (AvgIpc) is 3.37. The van der Waals surface area contributed by atoms with Crippen LogP contribution < -0.4 is 4.89 Å². The highest BCUT2D eigenvalue weighted by Gasteiger charge is 2.22. The number of rotatable bonds is 63. The molecule has 0 N–H and O–H groups in total. The van der Waals surface area contributed by atoms with Crippen LogP contribution in [0.15, 0.2) is 0 Å². The van der Waals surface area contributed by atoms with Crippen LogP contribution in [-0.4, -0.2) is 70.0 Å². The molecule has 0 aromatic heterocycles. The molecule has 0 amide bonds. The second kappa shape index (κ2) is 57.7. The van der Waals surface area contributed by atoms with E-state index < -0.39 is 26.5 Å². The molecule has 0 rings (SSSR count). The number of likely N-dealkylation sites (N-methyl/N-ethyl adjacent to an activating group) is 1. The van der Waals surface area contributed by atoms with E-state index in [1.807, 2.05) is 21.1 Å². The van der Waals surface area contributed by atoms with Crippen molar-refractivity contribution in [3.05, 3.63) is 0 Å². The van der Waals surface area contributed by atoms with Crippen molar-refractivity contribution >= 4 is 19.8 Å². The number of carbonyl (C=O) groups excluding carboxylic acids is 2. The van der Waals surface area contributed by atoms with Crippen molar-refractivity contribution in [3.8, 4) is 0 Å². The summed E-state index contributed by atoms with van der Waals surface area (Å²) in [7, 11) is 1.19. The number of unbranched alkanes of at least 4 members (excludes halogenated alkanes) is 49. The zero-order chi connectivity index (χ0) is 54.9. The smallest absolute Gasteiger partial charge is 0.306 e. The topological polar surface area (TPSA) is 111 Å². The summed E-state index contributed by atoms with van der Waals surface area (Å²) in [4.78, 5) is 37.8. The Balaban J connectivity index is 3.77. The molecule has 75 heavy (non-hydrogen) atoms. The molecule has 0 bridgehead atoms. The summed E-state index contributed by atoms with van der Waals surface area (Å²) in [5, 5.41) is 0. The first-order valence-electron chi connectivity index (χ1n) is 33.2. The summed E-state index contributed by atoms with van der Waals surface area (Å²) < 4.78 is 34.1. The van der Waals surface area contributed by atoms with Gasteiger partial charge in [0.1, 0.15) is 19.8 Å². The third kappa shape index (κ3) is 62.1. The van der Waals surface area contributed by atoms with Crippen LogP contribution in [0.5, 0.6) is 0 Å². The van der Waals surface area contributed by atoms with E-state index in [-0.39, 0.29) is 32.0 Å². The van der Waals surface area contributed by atoms with Gasteiger partial charge in [-0.1, -0.05) is 328 Å². The van der Waals surface area contributed by atoms with Gasteiger partial charge in [-0.3, -0.25) is 14.2 Å². The van der Waals surface area contributed by atoms with E-state index in [2.05, 4.69) is 13.8 Å². The van der Waals surface area contributed by atoms with E-state index in [9.17, 15) is 19.0 Å². The molecule has 0 saturated carbocycles. The number of phosphoric acid groups is 1. The van der Waals surface area contributed by atoms with Gasteiger partial charge < -0.3 is 27.9 Å². The van der Waals surface area contributed by atoms with Crippen molar-refractivity contribution in [2.75, 3.05) is 47.5 Å². The van der Waals surface area contributed by atoms with Gasteiger partial charge >= 0.3 is 11.9 Å². The SMILES string of the molecule is CCCCCCCCCCCCCCCCCCCCCCCCCCCCCCCCCCCCCCCCCCC(=O)OC(COC(=O)CCCCCCCCCCCCC)COP(=O)([O-])OCC[N+](C)(C)C. The lowest BCUT2D eigenvalue weighted by atomic mass is 10.0. The van der Waals surface area contributed by atoms with Gasteiger partial charge in [0, 0.05) is 12.8 Å². The van der Waals surface area contributed by atoms with Crippen molar-refractivity contribution in [2.45, 2.75) is 360 Å². The second-order valence-electron chi connectivity index (χ2n) is 24.2. The lowest BCUT2D eigenvalue weighted by Gasteiger charge is -2.28. The van der Waals surface area contributed by atoms with Crippen LogP contribution in [0.3, 0.4) is 0 Å². The van der Waals surface area contributed by atoms with Crippen molar-refractivity contribution in [1.29, 1.82) is 0 Å². The lowest BCUT2D eigenvalue weighted by Crippen LogP contribution is -2.37. The van der Waals surface area contributed by atoms with Crippen LogP contribution in [0.25, 0.3) is 0 Å². The van der Waals surface area contributed by atoms with Gasteiger partial charge in [0.2, 0.25) is 0 Å². The van der Waals surface area contributed by atoms with Crippen LogP contribution in [0, 0.1) is 0 Å². The highest BCUT2D eigenvalue weighted by molar-refractivity contribution is 7.45. The van der Waals surface area contributed by atoms with E-state index in [1.54, 1.807) is 0 Å². The maximum atomic E-state index is 12.8. The number of quaternary nitrogens is 1. The van der Waals surface area contributed by atoms with Crippen molar-refractivity contribution in [3.63, 3.8) is 0 Å². The lowest BCUT2D eigenvalue weighted by molar-refractivity contribution is -0.870. The van der Waals surface area contributed by atoms with Crippen LogP contribution in [0.2, 0.25) is 0 Å². The largest absolute Gasteiger partial charge is 0.756 e. The van der Waals surface area contributed by atoms with Gasteiger partial charge in [-0.25, -0.2) is 0 Å². The molecule has 2 unspecified atom stereocenters. The summed E-state index contributed by atoms with van der Waals surface area (Å²) in [6, 6.07) is 0. The standard InChI is InChI=1S/C65H130NO8P/c1-6-8-10-12-14-16-18-19-20-21-22-23-24-25-26-27-28-29-30-31-32-33-34-35-36-37-38-39-40-41-42-43-44-45-46-48-50-52-54-56-58-65(68)74-63(62-73-75(69,70)72-60-59-66(3,4)5)61-71-64(67)57-55-53-51-49-47-17-15-13-11-9-7-2/h63H,6-62H2,1-5H3. The zero-order valence-corrected chi connectivity index (χ0v) is 51.9. The molecule has 2 atom stereocenters. The predicted octanol–water partition coefficient (Wildman–Crippen LogP) is 20.4. The number of phosphoric ester groups is 1. The first-order valence-corrected chi connectivity index (χ1v) is 34.7. The van der Waals surface area contributed by atoms with Gasteiger partial charge in [-0.2, -0.15) is 0 Å². The Bertz CT molecular complexity index is 1230. The van der Waals surface area contributed by atoms with Crippen molar-refractivity contribution in [2.24, 2.45) is 0 Å². The van der Waals surface area contributed by atoms with Crippen LogP contribution in [-0.2, 0) is 32.7 Å². The van der Waals surface area contributed by atoms with Gasteiger partial charge in [0.15, 0.2) is 6.10 Å². The molecule has 0 aliphatic carbocycles. The fraction of sp³-hybridized carbons (Fsp3) is 0.969. The molecular formula is C65H130NO8P. The molecule has 9 nitrogen and oxygen atoms in total. The monoisotopic (exact) mass is 1080 g/mol. The number of ether oxygens (including phenoxy) is 2. The zero-order valence-electron chi connectivity index (χ0n) is 51.0. The molecule has 0 aliphatic rings. The minimum Gasteiger partial charge on any atom is -0.756 e. The van der Waals surface area contributed by atoms with Gasteiger partial charge in [-0.05, 0) is 12.8 Å². The molecule has 10 heteroatoms. The fourth-order valence-corrected chi connectivity index (χ4v) is 11.0. The fourth-order valence-electron chi connectivity index (χ4n) is 10.3. The molecule has 0 aromatic rings. The number of carbonyl (C=O) groups is 2. The Morgan fingerprint density at radius 3 is 0.853 bits per heavy atom. The number of hydrogen-bond acceptors (Lipinski definition) is 8. The normalized spacial score (nSPS) is 13.1. The molecule has 0 heterocycles. The molecule has 448 valence electrons. The Labute approximate surface area is 467 Å². The molecular weight excluding hydrogens is 954 g/mol. The molecule has 0 saturated heterocycles. The molecule has 0 aromatic carbocycles. The molecule has 0 radical (unpaired) electrons. The van der Waals surface area contributed by atoms with Gasteiger partial charge in [-0.15, -0.1) is 0 Å². The third-order valence-electron chi connectivity index (χ3n) is 15.4. The first kappa shape index (κ1) is 74.0. The maximum absolute atomic E-state index is 12.8. The van der Waals surface area contributed by atoms with E-state index in [1.165, 1.54) is 289 Å². The summed E-state index contributed by atoms with van der Waals surface area (Å²) in [5.74, 6) is -0.813. The molecule has 0 fully saturated rings. The minimum atomic E-state index is -4.62. The van der Waals surface area contributed by atoms with Crippen LogP contribution in [0.4, 0.5) is 0 Å². The number of esters is 2. The van der Waals surface area contributed by atoms with Crippen molar-refractivity contribution in [1.82, 2.24) is 0 Å². The predicted molar refractivity (Wildman–Crippen MR) is 319 cm³/mol. The van der Waals surface area contributed by atoms with E-state index in [0.717, 1.165) is 32.1 Å². The average molecular weight is 1080 g/mol. The molecule has 0 aliphatic heterocycles. The highest BCUT2D eigenvalue weighted by Crippen LogP contribution is 2.38. The van der Waals surface area contributed by atoms with Gasteiger partial charge in [0.05, 0.1) is 27.7 Å². The molecule has 0 spiro atoms. The minimum absolute atomic E-state index is 0.0253. The maximum Gasteiger partial charge on any atom is 0.306 e. The van der Waals surface area contributed by atoms with Crippen LogP contribution >= 0.6 is 7.82 Å². The number of hydrogen-bond donors (Lipinski definition) is 0. The Hall–Kier alpha value is -0.990. The summed E-state index contributed by atoms with van der Waals surface area (Å²) >= 11 is 0.